The highest BCUT2D eigenvalue weighted by molar-refractivity contribution is 9.10. The summed E-state index contributed by atoms with van der Waals surface area (Å²) >= 11 is 3.45. The third kappa shape index (κ3) is 3.99. The Labute approximate surface area is 169 Å². The maximum atomic E-state index is 11.4. The van der Waals surface area contributed by atoms with Crippen LogP contribution in [0.2, 0.25) is 0 Å². The molecule has 0 aliphatic carbocycles. The molecule has 3 N–H and O–H groups in total. The van der Waals surface area contributed by atoms with E-state index in [2.05, 4.69) is 41.8 Å². The van der Waals surface area contributed by atoms with Crippen molar-refractivity contribution in [3.8, 4) is 11.5 Å². The van der Waals surface area contributed by atoms with Crippen molar-refractivity contribution in [2.24, 2.45) is 0 Å². The van der Waals surface area contributed by atoms with E-state index in [-0.39, 0.29) is 12.7 Å². The van der Waals surface area contributed by atoms with Crippen molar-refractivity contribution in [2.45, 2.75) is 6.92 Å². The van der Waals surface area contributed by atoms with Crippen LogP contribution in [0.15, 0.2) is 53.1 Å². The van der Waals surface area contributed by atoms with Crippen molar-refractivity contribution in [2.75, 3.05) is 22.7 Å². The summed E-state index contributed by atoms with van der Waals surface area (Å²) in [6.07, 6.45) is 1.64. The van der Waals surface area contributed by atoms with Crippen LogP contribution < -0.4 is 25.4 Å². The van der Waals surface area contributed by atoms with Crippen molar-refractivity contribution < 1.29 is 14.3 Å². The van der Waals surface area contributed by atoms with Crippen LogP contribution in [0.3, 0.4) is 0 Å². The van der Waals surface area contributed by atoms with Gasteiger partial charge < -0.3 is 25.4 Å². The lowest BCUT2D eigenvalue weighted by Crippen LogP contribution is -2.08. The molecule has 1 amide bonds. The number of nitrogens with one attached hydrogen (secondary N) is 3. The molecule has 0 spiro atoms. The summed E-state index contributed by atoms with van der Waals surface area (Å²) in [6.45, 7) is 1.68. The van der Waals surface area contributed by atoms with Gasteiger partial charge in [0.05, 0.1) is 15.8 Å². The van der Waals surface area contributed by atoms with E-state index in [1.165, 1.54) is 6.92 Å². The fourth-order valence-electron chi connectivity index (χ4n) is 2.64. The van der Waals surface area contributed by atoms with Crippen molar-refractivity contribution in [3.63, 3.8) is 0 Å². The first kappa shape index (κ1) is 18.1. The Kier molecular flexibility index (Phi) is 4.98. The molecule has 9 heteroatoms. The lowest BCUT2D eigenvalue weighted by molar-refractivity contribution is -0.114. The van der Waals surface area contributed by atoms with Gasteiger partial charge in [-0.05, 0) is 40.2 Å². The summed E-state index contributed by atoms with van der Waals surface area (Å²) in [5.74, 6) is 2.18. The van der Waals surface area contributed by atoms with Crippen molar-refractivity contribution in [1.29, 1.82) is 0 Å². The molecule has 0 radical (unpaired) electrons. The molecule has 0 unspecified atom stereocenters. The third-order valence-corrected chi connectivity index (χ3v) is 4.44. The predicted molar refractivity (Wildman–Crippen MR) is 110 cm³/mol. The molecule has 3 aromatic rings. The second-order valence-electron chi connectivity index (χ2n) is 5.93. The summed E-state index contributed by atoms with van der Waals surface area (Å²) < 4.78 is 11.4. The molecule has 28 heavy (non-hydrogen) atoms. The SMILES string of the molecule is CC(=O)Nc1ccccc1Nc1nc(Nc2ccc3c(c2)OCO3)ncc1Br. The van der Waals surface area contributed by atoms with E-state index in [4.69, 9.17) is 9.47 Å². The highest BCUT2D eigenvalue weighted by Crippen LogP contribution is 2.35. The summed E-state index contributed by atoms with van der Waals surface area (Å²) in [5.41, 5.74) is 2.15. The molecule has 0 saturated carbocycles. The number of fused-ring (bicyclic) bond motifs is 1. The van der Waals surface area contributed by atoms with Crippen LogP contribution in [0.4, 0.5) is 28.8 Å². The highest BCUT2D eigenvalue weighted by Gasteiger charge is 2.14. The molecule has 0 fully saturated rings. The van der Waals surface area contributed by atoms with E-state index in [1.807, 2.05) is 42.5 Å². The minimum atomic E-state index is -0.152. The van der Waals surface area contributed by atoms with Crippen LogP contribution in [0.5, 0.6) is 11.5 Å². The van der Waals surface area contributed by atoms with Gasteiger partial charge in [-0.15, -0.1) is 0 Å². The number of halogens is 1. The number of benzene rings is 2. The quantitative estimate of drug-likeness (QED) is 0.539. The molecular formula is C19H16BrN5O3. The van der Waals surface area contributed by atoms with Gasteiger partial charge in [0.15, 0.2) is 11.5 Å². The number of anilines is 5. The Bertz CT molecular complexity index is 1040. The van der Waals surface area contributed by atoms with Crippen LogP contribution in [0, 0.1) is 0 Å². The monoisotopic (exact) mass is 441 g/mol. The first-order valence-corrected chi connectivity index (χ1v) is 9.20. The number of para-hydroxylation sites is 2. The standard InChI is InChI=1S/C19H16BrN5O3/c1-11(26)22-14-4-2-3-5-15(14)24-18-13(20)9-21-19(25-18)23-12-6-7-16-17(8-12)28-10-27-16/h2-9H,10H2,1H3,(H,22,26)(H2,21,23,24,25). The van der Waals surface area contributed by atoms with Gasteiger partial charge in [0, 0.05) is 24.9 Å². The molecule has 1 aromatic heterocycles. The Morgan fingerprint density at radius 3 is 2.68 bits per heavy atom. The number of carbonyl (C=O) groups excluding carboxylic acids is 1. The molecule has 0 saturated heterocycles. The van der Waals surface area contributed by atoms with E-state index in [9.17, 15) is 4.79 Å². The summed E-state index contributed by atoms with van der Waals surface area (Å²) in [6, 6.07) is 12.9. The topological polar surface area (TPSA) is 97.4 Å². The third-order valence-electron chi connectivity index (χ3n) is 3.86. The van der Waals surface area contributed by atoms with Crippen LogP contribution in [-0.2, 0) is 4.79 Å². The number of rotatable bonds is 5. The molecule has 0 atom stereocenters. The first-order valence-electron chi connectivity index (χ1n) is 8.41. The van der Waals surface area contributed by atoms with Gasteiger partial charge in [0.2, 0.25) is 18.6 Å². The molecule has 4 rings (SSSR count). The van der Waals surface area contributed by atoms with Gasteiger partial charge in [-0.1, -0.05) is 12.1 Å². The largest absolute Gasteiger partial charge is 0.454 e. The normalized spacial score (nSPS) is 11.8. The molecule has 142 valence electrons. The Balaban J connectivity index is 1.57. The molecule has 1 aliphatic heterocycles. The first-order chi connectivity index (χ1) is 13.6. The summed E-state index contributed by atoms with van der Waals surface area (Å²) in [4.78, 5) is 20.2. The molecule has 2 heterocycles. The lowest BCUT2D eigenvalue weighted by Gasteiger charge is -2.14. The highest BCUT2D eigenvalue weighted by atomic mass is 79.9. The molecule has 1 aliphatic rings. The van der Waals surface area contributed by atoms with Gasteiger partial charge in [-0.25, -0.2) is 4.98 Å². The van der Waals surface area contributed by atoms with Crippen LogP contribution in [0.25, 0.3) is 0 Å². The lowest BCUT2D eigenvalue weighted by atomic mass is 10.2. The van der Waals surface area contributed by atoms with Gasteiger partial charge in [0.25, 0.3) is 0 Å². The fraction of sp³-hybridized carbons (Fsp3) is 0.105. The average Bonchev–Trinajstić information content (AvgIpc) is 3.13. The van der Waals surface area contributed by atoms with E-state index in [0.717, 1.165) is 5.69 Å². The Hall–Kier alpha value is -3.33. The van der Waals surface area contributed by atoms with Crippen LogP contribution in [0.1, 0.15) is 6.92 Å². The zero-order valence-corrected chi connectivity index (χ0v) is 16.4. The zero-order valence-electron chi connectivity index (χ0n) is 14.8. The number of carbonyl (C=O) groups is 1. The minimum Gasteiger partial charge on any atom is -0.454 e. The van der Waals surface area contributed by atoms with E-state index >= 15 is 0 Å². The predicted octanol–water partition coefficient (Wildman–Crippen LogP) is 4.41. The molecule has 8 nitrogen and oxygen atoms in total. The smallest absolute Gasteiger partial charge is 0.231 e. The second-order valence-corrected chi connectivity index (χ2v) is 6.79. The zero-order chi connectivity index (χ0) is 19.5. The number of amides is 1. The summed E-state index contributed by atoms with van der Waals surface area (Å²) in [5, 5.41) is 9.15. The number of hydrogen-bond donors (Lipinski definition) is 3. The van der Waals surface area contributed by atoms with Gasteiger partial charge in [-0.2, -0.15) is 4.98 Å². The minimum absolute atomic E-state index is 0.152. The maximum Gasteiger partial charge on any atom is 0.231 e. The Morgan fingerprint density at radius 2 is 1.86 bits per heavy atom. The number of hydrogen-bond acceptors (Lipinski definition) is 7. The fourth-order valence-corrected chi connectivity index (χ4v) is 2.93. The summed E-state index contributed by atoms with van der Waals surface area (Å²) in [7, 11) is 0. The van der Waals surface area contributed by atoms with E-state index < -0.39 is 0 Å². The Morgan fingerprint density at radius 1 is 1.07 bits per heavy atom. The van der Waals surface area contributed by atoms with Gasteiger partial charge in [-0.3, -0.25) is 4.79 Å². The van der Waals surface area contributed by atoms with Crippen molar-refractivity contribution in [1.82, 2.24) is 9.97 Å². The molecule has 2 aromatic carbocycles. The van der Waals surface area contributed by atoms with Gasteiger partial charge in [0.1, 0.15) is 5.82 Å². The van der Waals surface area contributed by atoms with Gasteiger partial charge >= 0.3 is 0 Å². The number of aromatic nitrogens is 2. The van der Waals surface area contributed by atoms with Crippen LogP contribution in [-0.4, -0.2) is 22.7 Å². The number of ether oxygens (including phenoxy) is 2. The molecule has 0 bridgehead atoms. The van der Waals surface area contributed by atoms with Crippen LogP contribution >= 0.6 is 15.9 Å². The molecular weight excluding hydrogens is 426 g/mol. The van der Waals surface area contributed by atoms with E-state index in [0.29, 0.717) is 39.1 Å². The van der Waals surface area contributed by atoms with Crippen molar-refractivity contribution in [3.05, 3.63) is 53.1 Å². The average molecular weight is 442 g/mol. The maximum absolute atomic E-state index is 11.4. The number of nitrogens with zero attached hydrogens (tertiary/aromatic N) is 2. The van der Waals surface area contributed by atoms with Crippen molar-refractivity contribution >= 4 is 50.7 Å². The second kappa shape index (κ2) is 7.73. The van der Waals surface area contributed by atoms with E-state index in [1.54, 1.807) is 6.20 Å².